The summed E-state index contributed by atoms with van der Waals surface area (Å²) in [6.07, 6.45) is 1.90. The minimum Gasteiger partial charge on any atom is -0.497 e. The van der Waals surface area contributed by atoms with Crippen LogP contribution < -0.4 is 19.6 Å². The molecule has 0 saturated heterocycles. The molecule has 1 atom stereocenters. The van der Waals surface area contributed by atoms with Gasteiger partial charge in [0.25, 0.3) is 5.56 Å². The van der Waals surface area contributed by atoms with Crippen molar-refractivity contribution >= 4 is 34.2 Å². The van der Waals surface area contributed by atoms with Gasteiger partial charge in [0.1, 0.15) is 5.75 Å². The summed E-state index contributed by atoms with van der Waals surface area (Å²) in [5.41, 5.74) is 2.44. The highest BCUT2D eigenvalue weighted by atomic mass is 32.1. The molecule has 1 aliphatic rings. The Morgan fingerprint density at radius 3 is 2.57 bits per heavy atom. The number of allylic oxidation sites excluding steroid dienone is 1. The number of aromatic nitrogens is 1. The van der Waals surface area contributed by atoms with E-state index < -0.39 is 12.0 Å². The highest BCUT2D eigenvalue weighted by Gasteiger charge is 2.33. The molecule has 0 aliphatic carbocycles. The molecular weight excluding hydrogens is 460 g/mol. The highest BCUT2D eigenvalue weighted by molar-refractivity contribution is 7.07. The molecular formula is C28H24N2O4S. The number of hydrogen-bond acceptors (Lipinski definition) is 6. The van der Waals surface area contributed by atoms with Crippen molar-refractivity contribution in [3.05, 3.63) is 109 Å². The third-order valence-corrected chi connectivity index (χ3v) is 7.04. The van der Waals surface area contributed by atoms with E-state index in [0.717, 1.165) is 21.9 Å². The van der Waals surface area contributed by atoms with Crippen molar-refractivity contribution in [3.8, 4) is 5.75 Å². The van der Waals surface area contributed by atoms with Crippen LogP contribution in [-0.2, 0) is 9.53 Å². The van der Waals surface area contributed by atoms with Gasteiger partial charge in [0.2, 0.25) is 0 Å². The first-order chi connectivity index (χ1) is 17.0. The first kappa shape index (κ1) is 22.8. The molecule has 5 rings (SSSR count). The maximum Gasteiger partial charge on any atom is 0.338 e. The number of thiazole rings is 1. The first-order valence-corrected chi connectivity index (χ1v) is 12.1. The lowest BCUT2D eigenvalue weighted by molar-refractivity contribution is -0.139. The van der Waals surface area contributed by atoms with Gasteiger partial charge in [0.15, 0.2) is 4.80 Å². The maximum absolute atomic E-state index is 13.8. The molecule has 176 valence electrons. The lowest BCUT2D eigenvalue weighted by Crippen LogP contribution is -2.39. The summed E-state index contributed by atoms with van der Waals surface area (Å²) in [5.74, 6) is 0.216. The zero-order chi connectivity index (χ0) is 24.5. The fourth-order valence-corrected chi connectivity index (χ4v) is 5.45. The number of nitrogens with zero attached hydrogens (tertiary/aromatic N) is 2. The lowest BCUT2D eigenvalue weighted by atomic mass is 9.96. The average molecular weight is 485 g/mol. The molecule has 0 saturated carbocycles. The second-order valence-corrected chi connectivity index (χ2v) is 9.15. The summed E-state index contributed by atoms with van der Waals surface area (Å²) < 4.78 is 12.8. The number of carbonyl (C=O) groups excluding carboxylic acids is 1. The molecule has 3 aromatic carbocycles. The Bertz CT molecular complexity index is 1640. The van der Waals surface area contributed by atoms with Gasteiger partial charge in [-0.3, -0.25) is 9.36 Å². The third-order valence-electron chi connectivity index (χ3n) is 6.06. The molecule has 6 nitrogen and oxygen atoms in total. The first-order valence-electron chi connectivity index (χ1n) is 11.3. The molecule has 1 aliphatic heterocycles. The van der Waals surface area contributed by atoms with E-state index in [2.05, 4.69) is 4.99 Å². The van der Waals surface area contributed by atoms with E-state index in [1.165, 1.54) is 11.3 Å². The summed E-state index contributed by atoms with van der Waals surface area (Å²) >= 11 is 1.32. The molecule has 0 bridgehead atoms. The zero-order valence-corrected chi connectivity index (χ0v) is 20.5. The number of benzene rings is 3. The van der Waals surface area contributed by atoms with Gasteiger partial charge in [-0.2, -0.15) is 0 Å². The summed E-state index contributed by atoms with van der Waals surface area (Å²) in [7, 11) is 1.60. The molecule has 0 amide bonds. The van der Waals surface area contributed by atoms with Gasteiger partial charge in [-0.25, -0.2) is 9.79 Å². The van der Waals surface area contributed by atoms with Crippen molar-refractivity contribution < 1.29 is 14.3 Å². The van der Waals surface area contributed by atoms with Crippen LogP contribution in [0, 0.1) is 0 Å². The van der Waals surface area contributed by atoms with E-state index in [0.29, 0.717) is 26.4 Å². The predicted octanol–water partition coefficient (Wildman–Crippen LogP) is 3.96. The molecule has 0 unspecified atom stereocenters. The Kier molecular flexibility index (Phi) is 6.09. The van der Waals surface area contributed by atoms with Gasteiger partial charge < -0.3 is 9.47 Å². The van der Waals surface area contributed by atoms with Crippen LogP contribution in [0.25, 0.3) is 16.8 Å². The van der Waals surface area contributed by atoms with Gasteiger partial charge in [-0.15, -0.1) is 0 Å². The molecule has 0 N–H and O–H groups in total. The van der Waals surface area contributed by atoms with E-state index in [1.54, 1.807) is 25.5 Å². The van der Waals surface area contributed by atoms with Crippen molar-refractivity contribution in [2.24, 2.45) is 4.99 Å². The Hall–Kier alpha value is -3.97. The maximum atomic E-state index is 13.8. The number of carbonyl (C=O) groups is 1. The van der Waals surface area contributed by atoms with Gasteiger partial charge >= 0.3 is 5.97 Å². The molecule has 4 aromatic rings. The van der Waals surface area contributed by atoms with Crippen LogP contribution in [0.1, 0.15) is 31.0 Å². The van der Waals surface area contributed by atoms with E-state index in [-0.39, 0.29) is 12.2 Å². The third kappa shape index (κ3) is 4.08. The Labute approximate surface area is 206 Å². The summed E-state index contributed by atoms with van der Waals surface area (Å²) in [6.45, 7) is 3.77. The minimum atomic E-state index is -0.647. The molecule has 1 aromatic heterocycles. The van der Waals surface area contributed by atoms with Gasteiger partial charge in [-0.05, 0) is 54.0 Å². The highest BCUT2D eigenvalue weighted by Crippen LogP contribution is 2.31. The normalized spacial score (nSPS) is 15.6. The Balaban J connectivity index is 1.74. The number of esters is 1. The van der Waals surface area contributed by atoms with Gasteiger partial charge in [-0.1, -0.05) is 65.9 Å². The molecule has 7 heteroatoms. The summed E-state index contributed by atoms with van der Waals surface area (Å²) in [4.78, 5) is 32.0. The predicted molar refractivity (Wildman–Crippen MR) is 137 cm³/mol. The molecule has 2 heterocycles. The van der Waals surface area contributed by atoms with Crippen LogP contribution in [0.4, 0.5) is 0 Å². The second kappa shape index (κ2) is 9.35. The Morgan fingerprint density at radius 2 is 1.83 bits per heavy atom. The van der Waals surface area contributed by atoms with E-state index in [9.17, 15) is 9.59 Å². The quantitative estimate of drug-likeness (QED) is 0.402. The van der Waals surface area contributed by atoms with Crippen molar-refractivity contribution in [1.29, 1.82) is 0 Å². The van der Waals surface area contributed by atoms with Crippen molar-refractivity contribution in [2.75, 3.05) is 13.7 Å². The second-order valence-electron chi connectivity index (χ2n) is 8.14. The lowest BCUT2D eigenvalue weighted by Gasteiger charge is -2.24. The average Bonchev–Trinajstić information content (AvgIpc) is 3.18. The zero-order valence-electron chi connectivity index (χ0n) is 19.6. The van der Waals surface area contributed by atoms with Gasteiger partial charge in [0, 0.05) is 0 Å². The van der Waals surface area contributed by atoms with Crippen LogP contribution >= 0.6 is 11.3 Å². The summed E-state index contributed by atoms with van der Waals surface area (Å²) in [5, 5.41) is 2.17. The number of fused-ring (bicyclic) bond motifs is 2. The van der Waals surface area contributed by atoms with E-state index >= 15 is 0 Å². The smallest absolute Gasteiger partial charge is 0.338 e. The van der Waals surface area contributed by atoms with Crippen LogP contribution in [0.5, 0.6) is 5.75 Å². The number of ether oxygens (including phenoxy) is 2. The number of hydrogen-bond donors (Lipinski definition) is 0. The Morgan fingerprint density at radius 1 is 1.09 bits per heavy atom. The molecule has 0 fully saturated rings. The fraction of sp³-hybridized carbons (Fsp3) is 0.179. The standard InChI is InChI=1S/C28H24N2O4S/c1-4-34-27(32)24-17(2)29-28-30(25(24)19-12-14-21(33-3)15-13-19)26(31)23(35-28)16-20-10-7-9-18-8-5-6-11-22(18)20/h5-16,25H,4H2,1-3H3/b23-16+/t25-/m1/s1. The topological polar surface area (TPSA) is 69.9 Å². The van der Waals surface area contributed by atoms with Gasteiger partial charge in [0.05, 0.1) is 35.6 Å². The van der Waals surface area contributed by atoms with Crippen molar-refractivity contribution in [2.45, 2.75) is 19.9 Å². The molecule has 35 heavy (non-hydrogen) atoms. The van der Waals surface area contributed by atoms with Crippen molar-refractivity contribution in [1.82, 2.24) is 4.57 Å². The SMILES string of the molecule is CCOC(=O)C1=C(C)N=c2s/c(=C/c3cccc4ccccc34)c(=O)n2[C@@H]1c1ccc(OC)cc1. The monoisotopic (exact) mass is 484 g/mol. The van der Waals surface area contributed by atoms with E-state index in [1.807, 2.05) is 72.8 Å². The van der Waals surface area contributed by atoms with Crippen LogP contribution in [0.15, 0.2) is 87.8 Å². The number of methoxy groups -OCH3 is 1. The van der Waals surface area contributed by atoms with Crippen LogP contribution in [-0.4, -0.2) is 24.3 Å². The largest absolute Gasteiger partial charge is 0.497 e. The van der Waals surface area contributed by atoms with Crippen molar-refractivity contribution in [3.63, 3.8) is 0 Å². The van der Waals surface area contributed by atoms with Crippen LogP contribution in [0.3, 0.4) is 0 Å². The minimum absolute atomic E-state index is 0.197. The summed E-state index contributed by atoms with van der Waals surface area (Å²) in [6, 6.07) is 20.8. The fourth-order valence-electron chi connectivity index (χ4n) is 4.41. The number of rotatable bonds is 5. The van der Waals surface area contributed by atoms with Crippen LogP contribution in [0.2, 0.25) is 0 Å². The molecule has 0 spiro atoms. The van der Waals surface area contributed by atoms with E-state index in [4.69, 9.17) is 9.47 Å². The molecule has 0 radical (unpaired) electrons.